The maximum absolute atomic E-state index is 12.6. The number of carbonyl (C=O) groups excluding carboxylic acids is 2. The number of aliphatic imine (C=N–C) groups is 1. The molecule has 0 bridgehead atoms. The quantitative estimate of drug-likeness (QED) is 0.0700. The van der Waals surface area contributed by atoms with Gasteiger partial charge in [-0.05, 0) is 64.5 Å². The molecule has 0 radical (unpaired) electrons. The molecule has 0 aromatic carbocycles. The number of carbonyl (C=O) groups is 3. The number of nitrogens with one attached hydrogen (secondary N) is 2. The summed E-state index contributed by atoms with van der Waals surface area (Å²) < 4.78 is 0. The van der Waals surface area contributed by atoms with Crippen molar-refractivity contribution < 1.29 is 19.5 Å². The van der Waals surface area contributed by atoms with Gasteiger partial charge in [0.15, 0.2) is 5.96 Å². The van der Waals surface area contributed by atoms with Crippen LogP contribution in [0, 0.1) is 0 Å². The zero-order chi connectivity index (χ0) is 22.9. The van der Waals surface area contributed by atoms with E-state index in [2.05, 4.69) is 15.6 Å². The Bertz CT molecular complexity index is 554. The highest BCUT2D eigenvalue weighted by molar-refractivity contribution is 5.91. The Labute approximate surface area is 177 Å². The molecule has 3 unspecified atom stereocenters. The minimum Gasteiger partial charge on any atom is -0.480 e. The van der Waals surface area contributed by atoms with E-state index in [1.54, 1.807) is 0 Å². The van der Waals surface area contributed by atoms with Crippen molar-refractivity contribution in [2.24, 2.45) is 33.7 Å². The number of aliphatic carboxylic acids is 1. The second-order valence-electron chi connectivity index (χ2n) is 7.08. The van der Waals surface area contributed by atoms with Crippen LogP contribution in [-0.4, -0.2) is 66.6 Å². The van der Waals surface area contributed by atoms with Crippen LogP contribution in [0.3, 0.4) is 0 Å². The molecule has 13 N–H and O–H groups in total. The first-order valence-electron chi connectivity index (χ1n) is 10.3. The van der Waals surface area contributed by atoms with Crippen molar-refractivity contribution in [2.75, 3.05) is 19.6 Å². The van der Waals surface area contributed by atoms with Gasteiger partial charge in [0, 0.05) is 6.54 Å². The lowest BCUT2D eigenvalue weighted by atomic mass is 10.0. The molecule has 0 heterocycles. The number of carboxylic acids is 1. The first kappa shape index (κ1) is 27.6. The lowest BCUT2D eigenvalue weighted by Crippen LogP contribution is -2.54. The van der Waals surface area contributed by atoms with Gasteiger partial charge in [0.05, 0.1) is 6.04 Å². The Morgan fingerprint density at radius 1 is 0.800 bits per heavy atom. The summed E-state index contributed by atoms with van der Waals surface area (Å²) >= 11 is 0. The van der Waals surface area contributed by atoms with E-state index in [4.69, 9.17) is 28.7 Å². The Kier molecular flexibility index (Phi) is 15.0. The highest BCUT2D eigenvalue weighted by atomic mass is 16.4. The Hall–Kier alpha value is -2.44. The summed E-state index contributed by atoms with van der Waals surface area (Å²) in [4.78, 5) is 40.3. The number of nitrogens with zero attached hydrogens (tertiary/aromatic N) is 1. The number of hydrogen-bond donors (Lipinski definition) is 8. The minimum atomic E-state index is -1.14. The fourth-order valence-corrected chi connectivity index (χ4v) is 2.71. The van der Waals surface area contributed by atoms with Crippen LogP contribution in [0.4, 0.5) is 0 Å². The molecule has 0 spiro atoms. The van der Waals surface area contributed by atoms with Crippen molar-refractivity contribution in [1.29, 1.82) is 0 Å². The van der Waals surface area contributed by atoms with Gasteiger partial charge >= 0.3 is 5.97 Å². The first-order chi connectivity index (χ1) is 14.2. The summed E-state index contributed by atoms with van der Waals surface area (Å²) in [6.07, 6.45) is 3.90. The van der Waals surface area contributed by atoms with Crippen molar-refractivity contribution in [1.82, 2.24) is 10.6 Å². The molecular weight excluding hydrogens is 392 g/mol. The molecule has 0 aliphatic carbocycles. The topological polar surface area (TPSA) is 238 Å². The third-order valence-corrected chi connectivity index (χ3v) is 4.45. The standard InChI is InChI=1S/C18H38N8O4/c19-9-3-1-7-13(16(28)26-14(17(29)30)8-2-4-10-20)25-15(27)12(21)6-5-11-24-18(22)23/h12-14H,1-11,19-21H2,(H,25,27)(H,26,28)(H,29,30)(H4,22,23,24). The van der Waals surface area contributed by atoms with Gasteiger partial charge in [0.1, 0.15) is 12.1 Å². The zero-order valence-electron chi connectivity index (χ0n) is 17.5. The minimum absolute atomic E-state index is 0.0379. The van der Waals surface area contributed by atoms with Gasteiger partial charge in [-0.2, -0.15) is 0 Å². The molecule has 0 aliphatic rings. The predicted molar refractivity (Wildman–Crippen MR) is 115 cm³/mol. The number of amides is 2. The average Bonchev–Trinajstić information content (AvgIpc) is 2.69. The largest absolute Gasteiger partial charge is 0.480 e. The van der Waals surface area contributed by atoms with Gasteiger partial charge in [0.2, 0.25) is 11.8 Å². The summed E-state index contributed by atoms with van der Waals surface area (Å²) in [5.41, 5.74) is 27.3. The van der Waals surface area contributed by atoms with Crippen LogP contribution < -0.4 is 39.3 Å². The molecular formula is C18H38N8O4. The van der Waals surface area contributed by atoms with Crippen LogP contribution in [0.5, 0.6) is 0 Å². The Morgan fingerprint density at radius 3 is 1.83 bits per heavy atom. The van der Waals surface area contributed by atoms with Crippen LogP contribution in [0.1, 0.15) is 51.4 Å². The van der Waals surface area contributed by atoms with Gasteiger partial charge in [0.25, 0.3) is 0 Å². The summed E-state index contributed by atoms with van der Waals surface area (Å²) in [6.45, 7) is 1.23. The number of guanidine groups is 1. The molecule has 0 aliphatic heterocycles. The fraction of sp³-hybridized carbons (Fsp3) is 0.778. The number of unbranched alkanes of at least 4 members (excludes halogenated alkanes) is 2. The highest BCUT2D eigenvalue weighted by Crippen LogP contribution is 2.06. The van der Waals surface area contributed by atoms with E-state index in [-0.39, 0.29) is 12.4 Å². The molecule has 0 saturated heterocycles. The van der Waals surface area contributed by atoms with E-state index < -0.39 is 35.9 Å². The van der Waals surface area contributed by atoms with Crippen molar-refractivity contribution >= 4 is 23.7 Å². The summed E-state index contributed by atoms with van der Waals surface area (Å²) in [5.74, 6) is -2.23. The molecule has 0 fully saturated rings. The van der Waals surface area contributed by atoms with E-state index in [0.717, 1.165) is 0 Å². The molecule has 174 valence electrons. The lowest BCUT2D eigenvalue weighted by molar-refractivity contribution is -0.142. The number of rotatable bonds is 17. The average molecular weight is 431 g/mol. The van der Waals surface area contributed by atoms with Crippen LogP contribution in [0.15, 0.2) is 4.99 Å². The van der Waals surface area contributed by atoms with Crippen LogP contribution in [0.2, 0.25) is 0 Å². The Morgan fingerprint density at radius 2 is 1.33 bits per heavy atom. The molecule has 3 atom stereocenters. The number of carboxylic acid groups (broad SMARTS) is 1. The first-order valence-corrected chi connectivity index (χ1v) is 10.3. The monoisotopic (exact) mass is 430 g/mol. The number of hydrogen-bond acceptors (Lipinski definition) is 7. The normalized spacial score (nSPS) is 13.7. The highest BCUT2D eigenvalue weighted by Gasteiger charge is 2.27. The maximum Gasteiger partial charge on any atom is 0.326 e. The summed E-state index contributed by atoms with van der Waals surface area (Å²) in [5, 5.41) is 14.5. The van der Waals surface area contributed by atoms with Crippen molar-refractivity contribution in [2.45, 2.75) is 69.5 Å². The van der Waals surface area contributed by atoms with Gasteiger partial charge in [-0.1, -0.05) is 0 Å². The van der Waals surface area contributed by atoms with Crippen LogP contribution in [-0.2, 0) is 14.4 Å². The van der Waals surface area contributed by atoms with Crippen molar-refractivity contribution in [3.05, 3.63) is 0 Å². The maximum atomic E-state index is 12.6. The molecule has 0 aromatic rings. The van der Waals surface area contributed by atoms with Crippen molar-refractivity contribution in [3.8, 4) is 0 Å². The third-order valence-electron chi connectivity index (χ3n) is 4.45. The Balaban J connectivity index is 4.88. The van der Waals surface area contributed by atoms with Gasteiger partial charge in [-0.25, -0.2) is 4.79 Å². The molecule has 0 saturated carbocycles. The van der Waals surface area contributed by atoms with Gasteiger partial charge < -0.3 is 44.4 Å². The second kappa shape index (κ2) is 16.4. The van der Waals surface area contributed by atoms with E-state index in [1.807, 2.05) is 0 Å². The van der Waals surface area contributed by atoms with Crippen LogP contribution >= 0.6 is 0 Å². The zero-order valence-corrected chi connectivity index (χ0v) is 17.5. The van der Waals surface area contributed by atoms with E-state index in [9.17, 15) is 19.5 Å². The third kappa shape index (κ3) is 12.9. The van der Waals surface area contributed by atoms with Crippen molar-refractivity contribution in [3.63, 3.8) is 0 Å². The molecule has 12 nitrogen and oxygen atoms in total. The SMILES string of the molecule is NCCCCC(NC(=O)C(CCCCN)NC(=O)C(N)CCCN=C(N)N)C(=O)O. The van der Waals surface area contributed by atoms with E-state index >= 15 is 0 Å². The second-order valence-corrected chi connectivity index (χ2v) is 7.08. The molecule has 0 aromatic heterocycles. The summed E-state index contributed by atoms with van der Waals surface area (Å²) in [6, 6.07) is -2.79. The smallest absolute Gasteiger partial charge is 0.326 e. The summed E-state index contributed by atoms with van der Waals surface area (Å²) in [7, 11) is 0. The van der Waals surface area contributed by atoms with Gasteiger partial charge in [-0.3, -0.25) is 14.6 Å². The molecule has 12 heteroatoms. The lowest BCUT2D eigenvalue weighted by Gasteiger charge is -2.23. The molecule has 2 amide bonds. The molecule has 30 heavy (non-hydrogen) atoms. The van der Waals surface area contributed by atoms with E-state index in [0.29, 0.717) is 64.6 Å². The molecule has 0 rings (SSSR count). The predicted octanol–water partition coefficient (Wildman–Crippen LogP) is -2.32. The van der Waals surface area contributed by atoms with E-state index in [1.165, 1.54) is 0 Å². The van der Waals surface area contributed by atoms with Crippen LogP contribution in [0.25, 0.3) is 0 Å². The van der Waals surface area contributed by atoms with Gasteiger partial charge in [-0.15, -0.1) is 0 Å². The fourth-order valence-electron chi connectivity index (χ4n) is 2.71. The number of nitrogens with two attached hydrogens (primary N) is 5.